The van der Waals surface area contributed by atoms with Crippen molar-refractivity contribution in [3.63, 3.8) is 0 Å². The van der Waals surface area contributed by atoms with E-state index in [-0.39, 0.29) is 11.9 Å². The summed E-state index contributed by atoms with van der Waals surface area (Å²) in [5.41, 5.74) is 0.406. The molecule has 3 heterocycles. The van der Waals surface area contributed by atoms with Gasteiger partial charge in [0.25, 0.3) is 5.91 Å². The second kappa shape index (κ2) is 6.65. The van der Waals surface area contributed by atoms with Crippen molar-refractivity contribution >= 4 is 15.9 Å². The Labute approximate surface area is 139 Å². The zero-order chi connectivity index (χ0) is 17.2. The predicted octanol–water partition coefficient (Wildman–Crippen LogP) is -0.184. The maximum absolute atomic E-state index is 12.9. The first kappa shape index (κ1) is 16.5. The van der Waals surface area contributed by atoms with Crippen molar-refractivity contribution in [1.82, 2.24) is 29.4 Å². The Bertz CT molecular complexity index is 821. The fraction of sp³-hybridized carbons (Fsp3) is 0.429. The van der Waals surface area contributed by atoms with E-state index in [1.165, 1.54) is 17.3 Å². The van der Waals surface area contributed by atoms with Crippen LogP contribution in [0.15, 0.2) is 31.0 Å². The van der Waals surface area contributed by atoms with Crippen molar-refractivity contribution in [3.8, 4) is 5.82 Å². The molecule has 1 fully saturated rings. The fourth-order valence-corrected chi connectivity index (χ4v) is 3.59. The number of likely N-dealkylation sites (tertiary alicyclic amines) is 1. The lowest BCUT2D eigenvalue weighted by Crippen LogP contribution is -2.49. The van der Waals surface area contributed by atoms with E-state index in [0.29, 0.717) is 30.9 Å². The molecule has 0 radical (unpaired) electrons. The molecule has 0 saturated carbocycles. The number of nitrogens with one attached hydrogen (secondary N) is 1. The van der Waals surface area contributed by atoms with Crippen LogP contribution in [0.25, 0.3) is 5.82 Å². The summed E-state index contributed by atoms with van der Waals surface area (Å²) in [4.78, 5) is 22.6. The van der Waals surface area contributed by atoms with Crippen LogP contribution in [0, 0.1) is 0 Å². The largest absolute Gasteiger partial charge is 0.337 e. The van der Waals surface area contributed by atoms with Gasteiger partial charge in [0.2, 0.25) is 10.0 Å². The highest BCUT2D eigenvalue weighted by Crippen LogP contribution is 2.17. The van der Waals surface area contributed by atoms with E-state index >= 15 is 0 Å². The first-order valence-electron chi connectivity index (χ1n) is 7.50. The van der Waals surface area contributed by atoms with Gasteiger partial charge in [-0.3, -0.25) is 4.79 Å². The van der Waals surface area contributed by atoms with Gasteiger partial charge in [-0.1, -0.05) is 0 Å². The zero-order valence-electron chi connectivity index (χ0n) is 13.2. The number of carbonyl (C=O) groups excluding carboxylic acids is 1. The molecule has 0 unspecified atom stereocenters. The van der Waals surface area contributed by atoms with E-state index < -0.39 is 10.0 Å². The Morgan fingerprint density at radius 3 is 2.96 bits per heavy atom. The molecular formula is C14H18N6O3S. The fourth-order valence-electron chi connectivity index (χ4n) is 2.79. The average Bonchev–Trinajstić information content (AvgIpc) is 3.07. The van der Waals surface area contributed by atoms with Gasteiger partial charge in [-0.05, 0) is 25.0 Å². The van der Waals surface area contributed by atoms with E-state index in [9.17, 15) is 13.2 Å². The summed E-state index contributed by atoms with van der Waals surface area (Å²) >= 11 is 0. The SMILES string of the molecule is CS(=O)(=O)N[C@@H]1CCCN(C(=O)c2cccnc2-n2cncn2)C1. The van der Waals surface area contributed by atoms with Crippen LogP contribution >= 0.6 is 0 Å². The minimum atomic E-state index is -3.30. The standard InChI is InChI=1S/C14H18N6O3S/c1-24(22,23)18-11-4-3-7-19(8-11)14(21)12-5-2-6-16-13(12)20-10-15-9-17-20/h2,5-6,9-11,18H,3-4,7-8H2,1H3/t11-/m1/s1. The lowest BCUT2D eigenvalue weighted by atomic mass is 10.1. The molecular weight excluding hydrogens is 332 g/mol. The van der Waals surface area contributed by atoms with E-state index in [1.807, 2.05) is 0 Å². The molecule has 1 aliphatic heterocycles. The molecule has 0 spiro atoms. The predicted molar refractivity (Wildman–Crippen MR) is 86.1 cm³/mol. The molecule has 1 amide bonds. The maximum atomic E-state index is 12.9. The molecule has 0 aliphatic carbocycles. The van der Waals surface area contributed by atoms with Gasteiger partial charge in [-0.25, -0.2) is 27.8 Å². The number of pyridine rings is 1. The van der Waals surface area contributed by atoms with Gasteiger partial charge < -0.3 is 4.90 Å². The third-order valence-corrected chi connectivity index (χ3v) is 4.50. The van der Waals surface area contributed by atoms with Gasteiger partial charge in [-0.2, -0.15) is 5.10 Å². The topological polar surface area (TPSA) is 110 Å². The Balaban J connectivity index is 1.82. The highest BCUT2D eigenvalue weighted by atomic mass is 32.2. The lowest BCUT2D eigenvalue weighted by Gasteiger charge is -2.33. The van der Waals surface area contributed by atoms with E-state index in [0.717, 1.165) is 12.7 Å². The third kappa shape index (κ3) is 3.77. The van der Waals surface area contributed by atoms with Gasteiger partial charge in [-0.15, -0.1) is 0 Å². The first-order valence-corrected chi connectivity index (χ1v) is 9.40. The highest BCUT2D eigenvalue weighted by Gasteiger charge is 2.28. The number of rotatable bonds is 4. The number of carbonyl (C=O) groups is 1. The van der Waals surface area contributed by atoms with Crippen LogP contribution in [-0.2, 0) is 10.0 Å². The van der Waals surface area contributed by atoms with Crippen molar-refractivity contribution in [2.75, 3.05) is 19.3 Å². The van der Waals surface area contributed by atoms with Gasteiger partial charge in [0.1, 0.15) is 12.7 Å². The van der Waals surface area contributed by atoms with E-state index in [1.54, 1.807) is 23.2 Å². The van der Waals surface area contributed by atoms with Crippen LogP contribution in [-0.4, -0.2) is 64.4 Å². The van der Waals surface area contributed by atoms with Crippen LogP contribution in [0.3, 0.4) is 0 Å². The molecule has 2 aromatic heterocycles. The third-order valence-electron chi connectivity index (χ3n) is 3.74. The van der Waals surface area contributed by atoms with Crippen LogP contribution < -0.4 is 4.72 Å². The Hall–Kier alpha value is -2.33. The summed E-state index contributed by atoms with van der Waals surface area (Å²) in [5.74, 6) is 0.201. The van der Waals surface area contributed by atoms with Crippen molar-refractivity contribution in [2.45, 2.75) is 18.9 Å². The van der Waals surface area contributed by atoms with E-state index in [4.69, 9.17) is 0 Å². The van der Waals surface area contributed by atoms with Gasteiger partial charge >= 0.3 is 0 Å². The molecule has 2 aromatic rings. The molecule has 1 N–H and O–H groups in total. The quantitative estimate of drug-likeness (QED) is 0.819. The van der Waals surface area contributed by atoms with Crippen molar-refractivity contribution in [3.05, 3.63) is 36.5 Å². The number of hydrogen-bond donors (Lipinski definition) is 1. The molecule has 1 atom stereocenters. The van der Waals surface area contributed by atoms with Crippen molar-refractivity contribution in [2.24, 2.45) is 0 Å². The summed E-state index contributed by atoms with van der Waals surface area (Å²) < 4.78 is 26.8. The van der Waals surface area contributed by atoms with Crippen LogP contribution in [0.1, 0.15) is 23.2 Å². The Morgan fingerprint density at radius 2 is 2.25 bits per heavy atom. The first-order chi connectivity index (χ1) is 11.4. The molecule has 1 aliphatic rings. The summed E-state index contributed by atoms with van der Waals surface area (Å²) in [6.45, 7) is 0.907. The second-order valence-corrected chi connectivity index (χ2v) is 7.47. The number of hydrogen-bond acceptors (Lipinski definition) is 6. The zero-order valence-corrected chi connectivity index (χ0v) is 14.0. The smallest absolute Gasteiger partial charge is 0.257 e. The van der Waals surface area contributed by atoms with Gasteiger partial charge in [0.05, 0.1) is 11.8 Å². The molecule has 24 heavy (non-hydrogen) atoms. The summed E-state index contributed by atoms with van der Waals surface area (Å²) in [6, 6.07) is 3.09. The Kier molecular flexibility index (Phi) is 4.58. The summed E-state index contributed by atoms with van der Waals surface area (Å²) in [6.07, 6.45) is 6.99. The molecule has 10 heteroatoms. The molecule has 9 nitrogen and oxygen atoms in total. The number of nitrogens with zero attached hydrogens (tertiary/aromatic N) is 5. The molecule has 128 valence electrons. The van der Waals surface area contributed by atoms with Crippen molar-refractivity contribution < 1.29 is 13.2 Å². The normalized spacial score (nSPS) is 18.5. The number of piperidine rings is 1. The minimum absolute atomic E-state index is 0.200. The molecule has 0 aromatic carbocycles. The summed E-state index contributed by atoms with van der Waals surface area (Å²) in [5, 5.41) is 4.02. The van der Waals surface area contributed by atoms with Crippen LogP contribution in [0.2, 0.25) is 0 Å². The molecule has 0 bridgehead atoms. The maximum Gasteiger partial charge on any atom is 0.257 e. The lowest BCUT2D eigenvalue weighted by molar-refractivity contribution is 0.0702. The van der Waals surface area contributed by atoms with Crippen LogP contribution in [0.5, 0.6) is 0 Å². The number of aromatic nitrogens is 4. The highest BCUT2D eigenvalue weighted by molar-refractivity contribution is 7.88. The van der Waals surface area contributed by atoms with Gasteiger partial charge in [0.15, 0.2) is 5.82 Å². The number of amides is 1. The summed E-state index contributed by atoms with van der Waals surface area (Å²) in [7, 11) is -3.30. The van der Waals surface area contributed by atoms with E-state index in [2.05, 4.69) is 19.8 Å². The monoisotopic (exact) mass is 350 g/mol. The number of sulfonamides is 1. The molecule has 3 rings (SSSR count). The Morgan fingerprint density at radius 1 is 1.42 bits per heavy atom. The van der Waals surface area contributed by atoms with Crippen molar-refractivity contribution in [1.29, 1.82) is 0 Å². The van der Waals surface area contributed by atoms with Crippen LogP contribution in [0.4, 0.5) is 0 Å². The second-order valence-electron chi connectivity index (χ2n) is 5.69. The average molecular weight is 350 g/mol. The van der Waals surface area contributed by atoms with Gasteiger partial charge in [0, 0.05) is 25.3 Å². The molecule has 1 saturated heterocycles. The minimum Gasteiger partial charge on any atom is -0.337 e.